The van der Waals surface area contributed by atoms with Crippen molar-refractivity contribution >= 4 is 17.6 Å². The number of nitrogens with one attached hydrogen (secondary N) is 2. The number of nitrogens with zero attached hydrogens (tertiary/aromatic N) is 3. The maximum Gasteiger partial charge on any atom is 0.326 e. The number of hydrogen-bond donors (Lipinski definition) is 3. The maximum atomic E-state index is 12.5. The predicted octanol–water partition coefficient (Wildman–Crippen LogP) is 5.36. The van der Waals surface area contributed by atoms with Crippen molar-refractivity contribution < 1.29 is 23.4 Å². The van der Waals surface area contributed by atoms with E-state index in [-0.39, 0.29) is 6.61 Å². The second kappa shape index (κ2) is 16.0. The Balaban J connectivity index is 1.28. The van der Waals surface area contributed by atoms with Gasteiger partial charge < -0.3 is 25.4 Å². The SMILES string of the molecule is O=C(O)C(CCN(CCCCc1ccc2c(n1)NCCC2)CCOCC(F)F)Nc1ccc(-c2ccccc2)cn1. The summed E-state index contributed by atoms with van der Waals surface area (Å²) >= 11 is 0. The zero-order valence-electron chi connectivity index (χ0n) is 23.3. The molecule has 0 bridgehead atoms. The number of anilines is 2. The normalized spacial score (nSPS) is 13.6. The molecule has 8 nitrogen and oxygen atoms in total. The first-order chi connectivity index (χ1) is 20.0. The number of carboxylic acids is 1. The highest BCUT2D eigenvalue weighted by atomic mass is 19.3. The second-order valence-electron chi connectivity index (χ2n) is 10.2. The van der Waals surface area contributed by atoms with Crippen LogP contribution in [0, 0.1) is 0 Å². The zero-order valence-corrected chi connectivity index (χ0v) is 23.3. The number of rotatable bonds is 17. The maximum absolute atomic E-state index is 12.5. The van der Waals surface area contributed by atoms with Gasteiger partial charge in [-0.1, -0.05) is 36.4 Å². The Labute approximate surface area is 240 Å². The summed E-state index contributed by atoms with van der Waals surface area (Å²) in [6, 6.07) is 16.9. The van der Waals surface area contributed by atoms with Crippen LogP contribution in [0.1, 0.15) is 36.9 Å². The lowest BCUT2D eigenvalue weighted by atomic mass is 10.1. The minimum Gasteiger partial charge on any atom is -0.480 e. The molecule has 1 atom stereocenters. The van der Waals surface area contributed by atoms with Gasteiger partial charge in [0.15, 0.2) is 0 Å². The predicted molar refractivity (Wildman–Crippen MR) is 157 cm³/mol. The fourth-order valence-corrected chi connectivity index (χ4v) is 4.88. The molecule has 4 rings (SSSR count). The quantitative estimate of drug-likeness (QED) is 0.188. The molecule has 1 aliphatic rings. The third-order valence-electron chi connectivity index (χ3n) is 7.13. The molecule has 3 N–H and O–H groups in total. The van der Waals surface area contributed by atoms with Crippen molar-refractivity contribution in [2.45, 2.75) is 51.0 Å². The number of fused-ring (bicyclic) bond motifs is 1. The molecule has 10 heteroatoms. The number of aromatic nitrogens is 2. The van der Waals surface area contributed by atoms with E-state index in [2.05, 4.69) is 32.7 Å². The molecule has 3 heterocycles. The van der Waals surface area contributed by atoms with Crippen molar-refractivity contribution in [3.8, 4) is 11.1 Å². The number of aliphatic carboxylic acids is 1. The second-order valence-corrected chi connectivity index (χ2v) is 10.2. The van der Waals surface area contributed by atoms with Gasteiger partial charge in [0.2, 0.25) is 0 Å². The number of ether oxygens (including phenoxy) is 1. The van der Waals surface area contributed by atoms with Crippen LogP contribution in [0.4, 0.5) is 20.4 Å². The van der Waals surface area contributed by atoms with Gasteiger partial charge in [-0.05, 0) is 74.4 Å². The summed E-state index contributed by atoms with van der Waals surface area (Å²) in [5, 5.41) is 16.2. The van der Waals surface area contributed by atoms with Crippen LogP contribution in [0.15, 0.2) is 60.8 Å². The van der Waals surface area contributed by atoms with Crippen LogP contribution < -0.4 is 10.6 Å². The van der Waals surface area contributed by atoms with Crippen molar-refractivity contribution in [3.63, 3.8) is 0 Å². The van der Waals surface area contributed by atoms with Crippen molar-refractivity contribution in [1.82, 2.24) is 14.9 Å². The fraction of sp³-hybridized carbons (Fsp3) is 0.452. The van der Waals surface area contributed by atoms with Gasteiger partial charge in [0.05, 0.1) is 6.61 Å². The number of unbranched alkanes of at least 4 members (excludes halogenated alkanes) is 1. The number of halogens is 2. The van der Waals surface area contributed by atoms with Crippen LogP contribution in [-0.4, -0.2) is 77.8 Å². The third-order valence-corrected chi connectivity index (χ3v) is 7.13. The molecule has 0 saturated carbocycles. The number of hydrogen-bond acceptors (Lipinski definition) is 7. The summed E-state index contributed by atoms with van der Waals surface area (Å²) in [6.45, 7) is 2.14. The van der Waals surface area contributed by atoms with Crippen molar-refractivity contribution in [2.24, 2.45) is 0 Å². The van der Waals surface area contributed by atoms with Gasteiger partial charge in [-0.3, -0.25) is 0 Å². The zero-order chi connectivity index (χ0) is 28.9. The number of alkyl halides is 2. The molecule has 0 radical (unpaired) electrons. The molecule has 0 aliphatic carbocycles. The van der Waals surface area contributed by atoms with Gasteiger partial charge in [-0.2, -0.15) is 0 Å². The van der Waals surface area contributed by atoms with Crippen LogP contribution >= 0.6 is 0 Å². The number of aryl methyl sites for hydroxylation is 2. The highest BCUT2D eigenvalue weighted by molar-refractivity contribution is 5.77. The molecular weight excluding hydrogens is 528 g/mol. The molecule has 3 aromatic rings. The highest BCUT2D eigenvalue weighted by Gasteiger charge is 2.20. The van der Waals surface area contributed by atoms with E-state index in [0.717, 1.165) is 61.3 Å². The van der Waals surface area contributed by atoms with Crippen molar-refractivity contribution in [2.75, 3.05) is 50.0 Å². The van der Waals surface area contributed by atoms with E-state index in [1.165, 1.54) is 5.56 Å². The molecule has 41 heavy (non-hydrogen) atoms. The number of carbonyl (C=O) groups is 1. The van der Waals surface area contributed by atoms with Crippen molar-refractivity contribution in [1.29, 1.82) is 0 Å². The summed E-state index contributed by atoms with van der Waals surface area (Å²) in [6.07, 6.45) is 4.34. The highest BCUT2D eigenvalue weighted by Crippen LogP contribution is 2.21. The molecule has 0 amide bonds. The lowest BCUT2D eigenvalue weighted by molar-refractivity contribution is -0.138. The lowest BCUT2D eigenvalue weighted by Gasteiger charge is -2.24. The lowest BCUT2D eigenvalue weighted by Crippen LogP contribution is -2.37. The molecule has 2 aromatic heterocycles. The summed E-state index contributed by atoms with van der Waals surface area (Å²) in [5.41, 5.74) is 4.29. The van der Waals surface area contributed by atoms with E-state index in [1.807, 2.05) is 36.4 Å². The molecule has 0 saturated heterocycles. The van der Waals surface area contributed by atoms with Gasteiger partial charge in [-0.15, -0.1) is 0 Å². The Morgan fingerprint density at radius 2 is 1.90 bits per heavy atom. The van der Waals surface area contributed by atoms with Gasteiger partial charge >= 0.3 is 5.97 Å². The Morgan fingerprint density at radius 3 is 2.66 bits per heavy atom. The first-order valence-corrected chi connectivity index (χ1v) is 14.3. The van der Waals surface area contributed by atoms with Gasteiger partial charge in [0, 0.05) is 37.1 Å². The molecule has 0 spiro atoms. The molecule has 1 aliphatic heterocycles. The smallest absolute Gasteiger partial charge is 0.326 e. The van der Waals surface area contributed by atoms with Crippen LogP contribution in [0.25, 0.3) is 11.1 Å². The largest absolute Gasteiger partial charge is 0.480 e. The first-order valence-electron chi connectivity index (χ1n) is 14.3. The average Bonchev–Trinajstić information content (AvgIpc) is 2.99. The van der Waals surface area contributed by atoms with Gasteiger partial charge in [0.25, 0.3) is 6.43 Å². The molecule has 1 unspecified atom stereocenters. The van der Waals surface area contributed by atoms with Crippen LogP contribution in [0.5, 0.6) is 0 Å². The topological polar surface area (TPSA) is 99.6 Å². The van der Waals surface area contributed by atoms with Crippen molar-refractivity contribution in [3.05, 3.63) is 72.1 Å². The molecule has 1 aromatic carbocycles. The minimum absolute atomic E-state index is 0.163. The first kappa shape index (κ1) is 30.3. The van der Waals surface area contributed by atoms with E-state index in [4.69, 9.17) is 9.72 Å². The van der Waals surface area contributed by atoms with Crippen LogP contribution in [0.2, 0.25) is 0 Å². The summed E-state index contributed by atoms with van der Waals surface area (Å²) in [4.78, 5) is 23.3. The van der Waals surface area contributed by atoms with E-state index in [1.54, 1.807) is 12.3 Å². The Bertz CT molecular complexity index is 1210. The Kier molecular flexibility index (Phi) is 11.8. The van der Waals surface area contributed by atoms with Gasteiger partial charge in [-0.25, -0.2) is 23.5 Å². The van der Waals surface area contributed by atoms with E-state index in [0.29, 0.717) is 31.9 Å². The number of benzene rings is 1. The third kappa shape index (κ3) is 10.1. The summed E-state index contributed by atoms with van der Waals surface area (Å²) < 4.78 is 30.1. The average molecular weight is 568 g/mol. The number of pyridine rings is 2. The van der Waals surface area contributed by atoms with E-state index in [9.17, 15) is 18.7 Å². The number of carboxylic acid groups (broad SMARTS) is 1. The van der Waals surface area contributed by atoms with Crippen LogP contribution in [-0.2, 0) is 22.4 Å². The standard InChI is InChI=1S/C31H39F2N5O3/c32-28(33)22-41-20-19-38(17-5-4-10-26-13-11-24-9-6-16-34-30(24)36-26)18-15-27(31(39)40)37-29-14-12-25(21-35-29)23-7-2-1-3-8-23/h1-3,7-8,11-14,21,27-28H,4-6,9-10,15-20,22H2,(H,34,36)(H,35,37)(H,39,40). The summed E-state index contributed by atoms with van der Waals surface area (Å²) in [5.74, 6) is 0.499. The molecule has 220 valence electrons. The van der Waals surface area contributed by atoms with E-state index < -0.39 is 25.0 Å². The monoisotopic (exact) mass is 567 g/mol. The Morgan fingerprint density at radius 1 is 1.05 bits per heavy atom. The fourth-order valence-electron chi connectivity index (χ4n) is 4.88. The minimum atomic E-state index is -2.51. The van der Waals surface area contributed by atoms with Gasteiger partial charge in [0.1, 0.15) is 24.3 Å². The Hall–Kier alpha value is -3.63. The molecule has 0 fully saturated rings. The van der Waals surface area contributed by atoms with E-state index >= 15 is 0 Å². The van der Waals surface area contributed by atoms with Crippen LogP contribution in [0.3, 0.4) is 0 Å². The molecular formula is C31H39F2N5O3. The summed E-state index contributed by atoms with van der Waals surface area (Å²) in [7, 11) is 0.